The third kappa shape index (κ3) is 3.02. The summed E-state index contributed by atoms with van der Waals surface area (Å²) in [5, 5.41) is 7.40. The van der Waals surface area contributed by atoms with E-state index in [9.17, 15) is 13.2 Å². The maximum Gasteiger partial charge on any atom is 0.312 e. The average Bonchev–Trinajstić information content (AvgIpc) is 3.19. The molecule has 3 rings (SSSR count). The molecule has 2 N–H and O–H groups in total. The van der Waals surface area contributed by atoms with Crippen molar-refractivity contribution >= 4 is 44.8 Å². The molecule has 0 bridgehead atoms. The van der Waals surface area contributed by atoms with E-state index < -0.39 is 10.1 Å². The number of rotatable bonds is 4. The molecule has 0 unspecified atom stereocenters. The number of hydrogen-bond donors (Lipinski definition) is 1. The maximum absolute atomic E-state index is 12.6. The summed E-state index contributed by atoms with van der Waals surface area (Å²) in [6.07, 6.45) is 1.78. The summed E-state index contributed by atoms with van der Waals surface area (Å²) in [5.41, 5.74) is 1.54. The quantitative estimate of drug-likeness (QED) is 0.662. The van der Waals surface area contributed by atoms with Gasteiger partial charge >= 0.3 is 10.1 Å². The van der Waals surface area contributed by atoms with E-state index in [2.05, 4.69) is 9.39 Å². The Hall–Kier alpha value is -2.33. The highest BCUT2D eigenvalue weighted by Crippen LogP contribution is 2.27. The number of nitrogens with two attached hydrogens (primary N) is 1. The normalized spacial score (nSPS) is 16.8. The van der Waals surface area contributed by atoms with E-state index in [4.69, 9.17) is 5.90 Å². The van der Waals surface area contributed by atoms with Gasteiger partial charge in [0.25, 0.3) is 5.91 Å². The monoisotopic (exact) mass is 363 g/mol. The number of carbonyl (C=O) groups is 1. The van der Waals surface area contributed by atoms with Gasteiger partial charge in [-0.25, -0.2) is 0 Å². The molecule has 0 saturated carbocycles. The smallest absolute Gasteiger partial charge is 0.267 e. The average molecular weight is 363 g/mol. The van der Waals surface area contributed by atoms with Gasteiger partial charge in [-0.2, -0.15) is 28.7 Å². The first-order valence-electron chi connectivity index (χ1n) is 6.81. The molecule has 2 aromatic rings. The molecule has 0 spiro atoms. The van der Waals surface area contributed by atoms with Crippen molar-refractivity contribution in [3.8, 4) is 0 Å². The molecule has 1 aromatic carbocycles. The van der Waals surface area contributed by atoms with E-state index in [-0.39, 0.29) is 10.8 Å². The van der Waals surface area contributed by atoms with Crippen molar-refractivity contribution in [3.05, 3.63) is 52.2 Å². The van der Waals surface area contributed by atoms with Crippen LogP contribution in [-0.2, 0) is 19.2 Å². The predicted octanol–water partition coefficient (Wildman–Crippen LogP) is 2.13. The zero-order chi connectivity index (χ0) is 17.3. The fourth-order valence-electron chi connectivity index (χ4n) is 2.18. The maximum atomic E-state index is 12.6. The second-order valence-corrected chi connectivity index (χ2v) is 7.47. The third-order valence-corrected chi connectivity index (χ3v) is 5.31. The Morgan fingerprint density at radius 1 is 1.25 bits per heavy atom. The highest BCUT2D eigenvalue weighted by atomic mass is 32.2. The number of amides is 1. The van der Waals surface area contributed by atoms with Gasteiger partial charge in [-0.05, 0) is 48.7 Å². The second kappa shape index (κ2) is 6.29. The third-order valence-electron chi connectivity index (χ3n) is 3.39. The number of benzene rings is 1. The highest BCUT2D eigenvalue weighted by molar-refractivity contribution is 7.86. The molecule has 1 aromatic heterocycles. The number of anilines is 1. The first-order chi connectivity index (χ1) is 11.4. The number of hydrazone groups is 1. The molecule has 24 heavy (non-hydrogen) atoms. The lowest BCUT2D eigenvalue weighted by Crippen LogP contribution is -2.21. The molecule has 0 atom stereocenters. The number of nitrogens with zero attached hydrogens (tertiary/aromatic N) is 2. The van der Waals surface area contributed by atoms with Crippen molar-refractivity contribution in [2.24, 2.45) is 11.0 Å². The first-order valence-corrected chi connectivity index (χ1v) is 9.10. The van der Waals surface area contributed by atoms with Crippen LogP contribution in [-0.4, -0.2) is 20.0 Å². The van der Waals surface area contributed by atoms with Crippen LogP contribution in [0.1, 0.15) is 11.8 Å². The molecule has 0 saturated heterocycles. The Morgan fingerprint density at radius 2 is 1.96 bits per heavy atom. The molecule has 7 nitrogen and oxygen atoms in total. The lowest BCUT2D eigenvalue weighted by Gasteiger charge is -2.12. The van der Waals surface area contributed by atoms with Gasteiger partial charge in [-0.15, -0.1) is 11.3 Å². The zero-order valence-corrected chi connectivity index (χ0v) is 14.2. The van der Waals surface area contributed by atoms with Gasteiger partial charge in [0.15, 0.2) is 0 Å². The van der Waals surface area contributed by atoms with E-state index in [1.54, 1.807) is 13.0 Å². The van der Waals surface area contributed by atoms with Gasteiger partial charge < -0.3 is 0 Å². The molecule has 0 aliphatic carbocycles. The van der Waals surface area contributed by atoms with Crippen LogP contribution in [0.2, 0.25) is 0 Å². The largest absolute Gasteiger partial charge is 0.312 e. The van der Waals surface area contributed by atoms with E-state index >= 15 is 0 Å². The summed E-state index contributed by atoms with van der Waals surface area (Å²) in [6, 6.07) is 9.35. The van der Waals surface area contributed by atoms with Crippen LogP contribution in [0.15, 0.2) is 57.3 Å². The molecule has 9 heteroatoms. The van der Waals surface area contributed by atoms with Gasteiger partial charge in [0.1, 0.15) is 0 Å². The summed E-state index contributed by atoms with van der Waals surface area (Å²) < 4.78 is 27.0. The molecule has 1 aliphatic rings. The van der Waals surface area contributed by atoms with Crippen LogP contribution in [0.25, 0.3) is 6.08 Å². The zero-order valence-electron chi connectivity index (χ0n) is 12.5. The van der Waals surface area contributed by atoms with Gasteiger partial charge in [0, 0.05) is 4.88 Å². The van der Waals surface area contributed by atoms with Gasteiger partial charge in [0.05, 0.1) is 21.9 Å². The Morgan fingerprint density at radius 3 is 2.54 bits per heavy atom. The number of hydrogen-bond acceptors (Lipinski definition) is 7. The standard InChI is InChI=1S/C15H13N3O4S2/c1-10-14(9-12-3-2-8-23-12)15(19)18(17-10)11-4-6-13(7-5-11)24(20,21)22-16/h2-9H,16H2,1H3/b14-9-. The Balaban J connectivity index is 1.90. The fourth-order valence-corrected chi connectivity index (χ4v) is 3.42. The van der Waals surface area contributed by atoms with E-state index in [0.717, 1.165) is 4.88 Å². The van der Waals surface area contributed by atoms with E-state index in [1.807, 2.05) is 17.5 Å². The summed E-state index contributed by atoms with van der Waals surface area (Å²) in [7, 11) is -3.98. The minimum atomic E-state index is -3.98. The van der Waals surface area contributed by atoms with Crippen LogP contribution >= 0.6 is 11.3 Å². The predicted molar refractivity (Wildman–Crippen MR) is 91.8 cm³/mol. The van der Waals surface area contributed by atoms with Crippen LogP contribution < -0.4 is 10.9 Å². The van der Waals surface area contributed by atoms with Crippen molar-refractivity contribution in [1.29, 1.82) is 0 Å². The summed E-state index contributed by atoms with van der Waals surface area (Å²) in [5.74, 6) is 4.47. The Bertz CT molecular complexity index is 930. The fraction of sp³-hybridized carbons (Fsp3) is 0.0667. The van der Waals surface area contributed by atoms with Crippen molar-refractivity contribution in [2.75, 3.05) is 5.01 Å². The van der Waals surface area contributed by atoms with Crippen LogP contribution in [0.4, 0.5) is 5.69 Å². The molecule has 2 heterocycles. The summed E-state index contributed by atoms with van der Waals surface area (Å²) in [6.45, 7) is 1.75. The Labute approximate surface area is 142 Å². The van der Waals surface area contributed by atoms with E-state index in [0.29, 0.717) is 17.0 Å². The van der Waals surface area contributed by atoms with Gasteiger partial charge in [-0.3, -0.25) is 4.79 Å². The molecule has 124 valence electrons. The molecular formula is C15H13N3O4S2. The van der Waals surface area contributed by atoms with Gasteiger partial charge in [0.2, 0.25) is 0 Å². The molecule has 0 fully saturated rings. The molecule has 1 aliphatic heterocycles. The highest BCUT2D eigenvalue weighted by Gasteiger charge is 2.29. The van der Waals surface area contributed by atoms with Crippen molar-refractivity contribution < 1.29 is 17.5 Å². The Kier molecular flexibility index (Phi) is 4.33. The topological polar surface area (TPSA) is 102 Å². The lowest BCUT2D eigenvalue weighted by molar-refractivity contribution is -0.114. The lowest BCUT2D eigenvalue weighted by atomic mass is 10.1. The van der Waals surface area contributed by atoms with Crippen LogP contribution in [0.3, 0.4) is 0 Å². The van der Waals surface area contributed by atoms with Crippen molar-refractivity contribution in [3.63, 3.8) is 0 Å². The SMILES string of the molecule is CC1=NN(c2ccc(S(=O)(=O)ON)cc2)C(=O)/C1=C\c1cccs1. The first kappa shape index (κ1) is 16.5. The molecular weight excluding hydrogens is 350 g/mol. The van der Waals surface area contributed by atoms with E-state index in [1.165, 1.54) is 40.6 Å². The number of carbonyl (C=O) groups excluding carboxylic acids is 1. The summed E-state index contributed by atoms with van der Waals surface area (Å²) in [4.78, 5) is 13.4. The second-order valence-electron chi connectivity index (χ2n) is 4.92. The summed E-state index contributed by atoms with van der Waals surface area (Å²) >= 11 is 1.52. The van der Waals surface area contributed by atoms with Gasteiger partial charge in [-0.1, -0.05) is 6.07 Å². The van der Waals surface area contributed by atoms with Crippen LogP contribution in [0.5, 0.6) is 0 Å². The number of thiophene rings is 1. The molecule has 0 radical (unpaired) electrons. The van der Waals surface area contributed by atoms with Crippen LogP contribution in [0, 0.1) is 0 Å². The van der Waals surface area contributed by atoms with Crippen molar-refractivity contribution in [2.45, 2.75) is 11.8 Å². The molecule has 1 amide bonds. The minimum absolute atomic E-state index is 0.101. The van der Waals surface area contributed by atoms with Crippen molar-refractivity contribution in [1.82, 2.24) is 0 Å². The minimum Gasteiger partial charge on any atom is -0.267 e.